The summed E-state index contributed by atoms with van der Waals surface area (Å²) in [6, 6.07) is 3.81. The van der Waals surface area contributed by atoms with E-state index in [9.17, 15) is 8.42 Å². The lowest BCUT2D eigenvalue weighted by atomic mass is 9.87. The molecule has 0 radical (unpaired) electrons. The minimum atomic E-state index is -3.21. The monoisotopic (exact) mass is 401 g/mol. The fraction of sp³-hybridized carbons (Fsp3) is 0.684. The number of piperidine rings is 1. The normalized spacial score (nSPS) is 18.0. The molecular weight excluding hydrogens is 370 g/mol. The lowest BCUT2D eigenvalue weighted by Crippen LogP contribution is -2.43. The molecule has 0 aromatic heterocycles. The van der Waals surface area contributed by atoms with Gasteiger partial charge in [0.05, 0.1) is 10.9 Å². The third kappa shape index (κ3) is 4.71. The molecular formula is C19H32ClN3O2S. The van der Waals surface area contributed by atoms with Crippen LogP contribution in [0.15, 0.2) is 12.1 Å². The summed E-state index contributed by atoms with van der Waals surface area (Å²) >= 11 is 6.23. The molecule has 1 heterocycles. The topological polar surface area (TPSA) is 75.4 Å². The molecule has 1 aliphatic heterocycles. The molecule has 148 valence electrons. The van der Waals surface area contributed by atoms with Crippen LogP contribution in [0.4, 0.5) is 5.69 Å². The fourth-order valence-electron chi connectivity index (χ4n) is 3.90. The molecule has 1 saturated heterocycles. The molecule has 0 spiro atoms. The number of nitrogens with zero attached hydrogens (tertiary/aromatic N) is 1. The first-order chi connectivity index (χ1) is 12.3. The second kappa shape index (κ2) is 9.40. The molecule has 0 aliphatic carbocycles. The van der Waals surface area contributed by atoms with Crippen molar-refractivity contribution in [1.29, 1.82) is 0 Å². The largest absolute Gasteiger partial charge is 0.324 e. The lowest BCUT2D eigenvalue weighted by molar-refractivity contribution is 0.314. The van der Waals surface area contributed by atoms with Gasteiger partial charge in [-0.3, -0.25) is 5.84 Å². The van der Waals surface area contributed by atoms with E-state index in [4.69, 9.17) is 17.4 Å². The maximum absolute atomic E-state index is 13.0. The average Bonchev–Trinajstić information content (AvgIpc) is 2.64. The Morgan fingerprint density at radius 3 is 2.50 bits per heavy atom. The molecule has 0 saturated carbocycles. The first kappa shape index (κ1) is 21.5. The van der Waals surface area contributed by atoms with E-state index in [1.54, 1.807) is 4.31 Å². The van der Waals surface area contributed by atoms with Crippen LogP contribution in [0, 0.1) is 6.92 Å². The number of sulfonamides is 1. The van der Waals surface area contributed by atoms with Crippen molar-refractivity contribution in [2.45, 2.75) is 70.5 Å². The third-order valence-electron chi connectivity index (χ3n) is 5.58. The highest BCUT2D eigenvalue weighted by atomic mass is 35.5. The molecule has 5 nitrogen and oxygen atoms in total. The molecule has 7 heteroatoms. The van der Waals surface area contributed by atoms with E-state index in [1.807, 2.05) is 26.0 Å². The Balaban J connectivity index is 2.11. The summed E-state index contributed by atoms with van der Waals surface area (Å²) in [4.78, 5) is 0. The Hall–Kier alpha value is -0.820. The number of rotatable bonds is 8. The van der Waals surface area contributed by atoms with Crippen LogP contribution in [0.25, 0.3) is 0 Å². The van der Waals surface area contributed by atoms with Crippen LogP contribution in [0.3, 0.4) is 0 Å². The van der Waals surface area contributed by atoms with Gasteiger partial charge in [-0.15, -0.1) is 0 Å². The molecule has 1 fully saturated rings. The van der Waals surface area contributed by atoms with Crippen molar-refractivity contribution in [3.8, 4) is 0 Å². The maximum Gasteiger partial charge on any atom is 0.216 e. The SMILES string of the molecule is CCCCC(CC)S(=O)(=O)N1CCC(c2cc(Cl)cc(NN)c2C)CC1. The number of nitrogen functional groups attached to an aromatic ring is 1. The number of anilines is 1. The van der Waals surface area contributed by atoms with Crippen molar-refractivity contribution < 1.29 is 8.42 Å². The van der Waals surface area contributed by atoms with E-state index in [0.717, 1.165) is 43.4 Å². The van der Waals surface area contributed by atoms with Crippen molar-refractivity contribution in [2.24, 2.45) is 5.84 Å². The third-order valence-corrected chi connectivity index (χ3v) is 8.29. The van der Waals surface area contributed by atoms with E-state index in [0.29, 0.717) is 30.5 Å². The Bertz CT molecular complexity index is 701. The van der Waals surface area contributed by atoms with Gasteiger partial charge in [0.15, 0.2) is 0 Å². The van der Waals surface area contributed by atoms with Gasteiger partial charge in [0.25, 0.3) is 0 Å². The van der Waals surface area contributed by atoms with Crippen molar-refractivity contribution in [3.63, 3.8) is 0 Å². The number of hydrogen-bond donors (Lipinski definition) is 2. The average molecular weight is 402 g/mol. The smallest absolute Gasteiger partial charge is 0.216 e. The molecule has 1 aromatic carbocycles. The van der Waals surface area contributed by atoms with Crippen LogP contribution in [-0.4, -0.2) is 31.1 Å². The van der Waals surface area contributed by atoms with Crippen LogP contribution in [-0.2, 0) is 10.0 Å². The van der Waals surface area contributed by atoms with E-state index < -0.39 is 10.0 Å². The van der Waals surface area contributed by atoms with Gasteiger partial charge in [-0.1, -0.05) is 38.3 Å². The number of halogens is 1. The molecule has 1 unspecified atom stereocenters. The fourth-order valence-corrected chi connectivity index (χ4v) is 6.16. The van der Waals surface area contributed by atoms with Crippen molar-refractivity contribution >= 4 is 27.3 Å². The van der Waals surface area contributed by atoms with Gasteiger partial charge in [0, 0.05) is 18.1 Å². The number of hydrazine groups is 1. The summed E-state index contributed by atoms with van der Waals surface area (Å²) < 4.78 is 27.6. The quantitative estimate of drug-likeness (QED) is 0.499. The molecule has 26 heavy (non-hydrogen) atoms. The summed E-state index contributed by atoms with van der Waals surface area (Å²) in [5.41, 5.74) is 5.78. The summed E-state index contributed by atoms with van der Waals surface area (Å²) in [5.74, 6) is 5.90. The van der Waals surface area contributed by atoms with E-state index in [-0.39, 0.29) is 5.25 Å². The predicted molar refractivity (Wildman–Crippen MR) is 110 cm³/mol. The summed E-state index contributed by atoms with van der Waals surface area (Å²) in [7, 11) is -3.21. The number of hydrogen-bond acceptors (Lipinski definition) is 4. The van der Waals surface area contributed by atoms with Gasteiger partial charge in [0.2, 0.25) is 10.0 Å². The first-order valence-corrected chi connectivity index (χ1v) is 11.5. The van der Waals surface area contributed by atoms with Crippen LogP contribution in [0.5, 0.6) is 0 Å². The Morgan fingerprint density at radius 1 is 1.31 bits per heavy atom. The highest BCUT2D eigenvalue weighted by Crippen LogP contribution is 2.36. The minimum Gasteiger partial charge on any atom is -0.324 e. The van der Waals surface area contributed by atoms with Gasteiger partial charge in [-0.25, -0.2) is 12.7 Å². The van der Waals surface area contributed by atoms with Crippen molar-refractivity contribution in [1.82, 2.24) is 4.31 Å². The molecule has 0 amide bonds. The van der Waals surface area contributed by atoms with Crippen LogP contribution in [0.1, 0.15) is 69.4 Å². The standard InChI is InChI=1S/C19H32ClN3O2S/c1-4-6-7-17(5-2)26(24,25)23-10-8-15(9-11-23)18-12-16(20)13-19(22-21)14(18)3/h12-13,15,17,22H,4-11,21H2,1-3H3. The van der Waals surface area contributed by atoms with Gasteiger partial charge in [-0.05, 0) is 61.8 Å². The molecule has 3 N–H and O–H groups in total. The summed E-state index contributed by atoms with van der Waals surface area (Å²) in [5, 5.41) is 0.402. The van der Waals surface area contributed by atoms with Gasteiger partial charge in [-0.2, -0.15) is 0 Å². The maximum atomic E-state index is 13.0. The van der Waals surface area contributed by atoms with Crippen molar-refractivity contribution in [2.75, 3.05) is 18.5 Å². The number of nitrogens with one attached hydrogen (secondary N) is 1. The zero-order valence-corrected chi connectivity index (χ0v) is 17.7. The first-order valence-electron chi connectivity index (χ1n) is 9.60. The zero-order chi connectivity index (χ0) is 19.3. The molecule has 2 rings (SSSR count). The Labute approximate surface area is 163 Å². The molecule has 0 bridgehead atoms. The molecule has 1 aliphatic rings. The Kier molecular flexibility index (Phi) is 7.76. The minimum absolute atomic E-state index is 0.250. The van der Waals surface area contributed by atoms with E-state index >= 15 is 0 Å². The van der Waals surface area contributed by atoms with Gasteiger partial charge in [0.1, 0.15) is 0 Å². The number of benzene rings is 1. The van der Waals surface area contributed by atoms with Crippen LogP contribution < -0.4 is 11.3 Å². The van der Waals surface area contributed by atoms with Gasteiger partial charge >= 0.3 is 0 Å². The number of nitrogens with two attached hydrogens (primary N) is 1. The predicted octanol–water partition coefficient (Wildman–Crippen LogP) is 4.41. The van der Waals surface area contributed by atoms with E-state index in [2.05, 4.69) is 12.3 Å². The van der Waals surface area contributed by atoms with Crippen molar-refractivity contribution in [3.05, 3.63) is 28.3 Å². The van der Waals surface area contributed by atoms with Crippen LogP contribution in [0.2, 0.25) is 5.02 Å². The highest BCUT2D eigenvalue weighted by molar-refractivity contribution is 7.89. The summed E-state index contributed by atoms with van der Waals surface area (Å²) in [6.45, 7) is 7.26. The summed E-state index contributed by atoms with van der Waals surface area (Å²) in [6.07, 6.45) is 5.06. The lowest BCUT2D eigenvalue weighted by Gasteiger charge is -2.34. The Morgan fingerprint density at radius 2 is 1.96 bits per heavy atom. The number of unbranched alkanes of at least 4 members (excludes halogenated alkanes) is 1. The van der Waals surface area contributed by atoms with Crippen LogP contribution >= 0.6 is 11.6 Å². The highest BCUT2D eigenvalue weighted by Gasteiger charge is 2.34. The zero-order valence-electron chi connectivity index (χ0n) is 16.1. The second-order valence-electron chi connectivity index (χ2n) is 7.20. The van der Waals surface area contributed by atoms with E-state index in [1.165, 1.54) is 5.56 Å². The molecule has 1 aromatic rings. The van der Waals surface area contributed by atoms with Gasteiger partial charge < -0.3 is 5.43 Å². The molecule has 1 atom stereocenters. The second-order valence-corrected chi connectivity index (χ2v) is 9.85.